The van der Waals surface area contributed by atoms with Gasteiger partial charge in [0.25, 0.3) is 5.91 Å². The zero-order valence-electron chi connectivity index (χ0n) is 12.2. The van der Waals surface area contributed by atoms with E-state index in [2.05, 4.69) is 0 Å². The summed E-state index contributed by atoms with van der Waals surface area (Å²) in [6, 6.07) is 13.2. The molecule has 2 aromatic carbocycles. The van der Waals surface area contributed by atoms with E-state index < -0.39 is 0 Å². The normalized spacial score (nSPS) is 17.9. The molecule has 0 bridgehead atoms. The number of thiocarbonyl (C=S) groups is 1. The number of benzene rings is 2. The Bertz CT molecular complexity index is 930. The van der Waals surface area contributed by atoms with Crippen molar-refractivity contribution < 1.29 is 9.59 Å². The predicted molar refractivity (Wildman–Crippen MR) is 96.2 cm³/mol. The number of rotatable bonds is 1. The first-order chi connectivity index (χ1) is 11.1. The monoisotopic (exact) mass is 337 g/mol. The van der Waals surface area contributed by atoms with Gasteiger partial charge < -0.3 is 0 Å². The molecule has 1 heterocycles. The van der Waals surface area contributed by atoms with Crippen LogP contribution >= 0.6 is 24.0 Å². The summed E-state index contributed by atoms with van der Waals surface area (Å²) in [6.07, 6.45) is 1.83. The molecule has 3 nitrogen and oxygen atoms in total. The molecule has 0 spiro atoms. The largest absolute Gasteiger partial charge is 0.296 e. The Labute approximate surface area is 143 Å². The molecule has 0 unspecified atom stereocenters. The molecular weight excluding hydrogens is 326 g/mol. The number of amides is 1. The van der Waals surface area contributed by atoms with Gasteiger partial charge in [-0.1, -0.05) is 66.4 Å². The minimum atomic E-state index is -0.102. The molecule has 1 saturated heterocycles. The van der Waals surface area contributed by atoms with Crippen molar-refractivity contribution in [2.45, 2.75) is 0 Å². The lowest BCUT2D eigenvalue weighted by Crippen LogP contribution is -2.22. The third-order valence-electron chi connectivity index (χ3n) is 4.06. The quantitative estimate of drug-likeness (QED) is 0.501. The van der Waals surface area contributed by atoms with Gasteiger partial charge >= 0.3 is 0 Å². The van der Waals surface area contributed by atoms with E-state index in [9.17, 15) is 9.59 Å². The van der Waals surface area contributed by atoms with E-state index in [0.717, 1.165) is 16.7 Å². The maximum Gasteiger partial charge on any atom is 0.265 e. The van der Waals surface area contributed by atoms with Gasteiger partial charge in [0.15, 0.2) is 5.78 Å². The molecule has 1 aliphatic heterocycles. The number of thioether (sulfide) groups is 1. The molecular formula is C18H11NO2S2. The second-order valence-electron chi connectivity index (χ2n) is 5.39. The van der Waals surface area contributed by atoms with Gasteiger partial charge in [0, 0.05) is 23.7 Å². The van der Waals surface area contributed by atoms with Crippen molar-refractivity contribution >= 4 is 46.1 Å². The maximum atomic E-state index is 12.5. The van der Waals surface area contributed by atoms with Crippen LogP contribution in [0.25, 0.3) is 17.2 Å². The van der Waals surface area contributed by atoms with Crippen molar-refractivity contribution in [3.63, 3.8) is 0 Å². The highest BCUT2D eigenvalue weighted by atomic mass is 32.2. The highest BCUT2D eigenvalue weighted by Crippen LogP contribution is 2.41. The van der Waals surface area contributed by atoms with Gasteiger partial charge in [-0.3, -0.25) is 14.5 Å². The Morgan fingerprint density at radius 1 is 1.00 bits per heavy atom. The lowest BCUT2D eigenvalue weighted by Gasteiger charge is -2.06. The van der Waals surface area contributed by atoms with E-state index in [0.29, 0.717) is 20.4 Å². The number of carbonyl (C=O) groups is 2. The van der Waals surface area contributed by atoms with Gasteiger partial charge in [-0.2, -0.15) is 0 Å². The number of hydrogen-bond donors (Lipinski definition) is 0. The first-order valence-corrected chi connectivity index (χ1v) is 8.29. The second-order valence-corrected chi connectivity index (χ2v) is 7.06. The molecule has 0 aromatic heterocycles. The van der Waals surface area contributed by atoms with Crippen LogP contribution in [-0.2, 0) is 4.79 Å². The summed E-state index contributed by atoms with van der Waals surface area (Å²) >= 11 is 6.45. The molecule has 0 radical (unpaired) electrons. The number of nitrogens with zero attached hydrogens (tertiary/aromatic N) is 1. The molecule has 23 heavy (non-hydrogen) atoms. The van der Waals surface area contributed by atoms with Gasteiger partial charge in [0.05, 0.1) is 4.91 Å². The van der Waals surface area contributed by atoms with E-state index in [4.69, 9.17) is 12.2 Å². The number of ketones is 1. The number of hydrogen-bond acceptors (Lipinski definition) is 4. The fourth-order valence-corrected chi connectivity index (χ4v) is 4.08. The van der Waals surface area contributed by atoms with Gasteiger partial charge in [-0.15, -0.1) is 0 Å². The molecule has 0 N–H and O–H groups in total. The predicted octanol–water partition coefficient (Wildman–Crippen LogP) is 3.73. The average molecular weight is 337 g/mol. The highest BCUT2D eigenvalue weighted by Gasteiger charge is 2.31. The fraction of sp³-hybridized carbons (Fsp3) is 0.0556. The topological polar surface area (TPSA) is 37.4 Å². The molecule has 2 aromatic rings. The Kier molecular flexibility index (Phi) is 3.21. The SMILES string of the molecule is CN1C(=O)C(=Cc2cccc3c2-c2ccccc2C3=O)SC1=S. The maximum absolute atomic E-state index is 12.5. The first kappa shape index (κ1) is 14.4. The standard InChI is InChI=1S/C18H11NO2S2/c1-19-17(21)14(23-18(19)22)9-10-5-4-8-13-15(10)11-6-2-3-7-12(11)16(13)20/h2-9H,1H3. The van der Waals surface area contributed by atoms with Crippen LogP contribution in [0.5, 0.6) is 0 Å². The third kappa shape index (κ3) is 2.08. The van der Waals surface area contributed by atoms with Crippen LogP contribution in [0.4, 0.5) is 0 Å². The van der Waals surface area contributed by atoms with Crippen LogP contribution in [0.2, 0.25) is 0 Å². The zero-order chi connectivity index (χ0) is 16.1. The van der Waals surface area contributed by atoms with Crippen LogP contribution in [0.15, 0.2) is 47.4 Å². The van der Waals surface area contributed by atoms with Crippen molar-refractivity contribution in [3.8, 4) is 11.1 Å². The summed E-state index contributed by atoms with van der Waals surface area (Å²) in [5.74, 6) is -0.0656. The van der Waals surface area contributed by atoms with Crippen LogP contribution in [0, 0.1) is 0 Å². The van der Waals surface area contributed by atoms with Crippen molar-refractivity contribution in [2.24, 2.45) is 0 Å². The van der Waals surface area contributed by atoms with E-state index in [1.165, 1.54) is 16.7 Å². The van der Waals surface area contributed by atoms with E-state index in [-0.39, 0.29) is 11.7 Å². The van der Waals surface area contributed by atoms with Gasteiger partial charge in [-0.05, 0) is 17.2 Å². The lowest BCUT2D eigenvalue weighted by atomic mass is 9.99. The summed E-state index contributed by atoms with van der Waals surface area (Å²) in [5.41, 5.74) is 4.09. The van der Waals surface area contributed by atoms with Gasteiger partial charge in [0.1, 0.15) is 4.32 Å². The molecule has 4 rings (SSSR count). The van der Waals surface area contributed by atoms with Crippen LogP contribution in [0.3, 0.4) is 0 Å². The Hall–Kier alpha value is -2.24. The van der Waals surface area contributed by atoms with Crippen LogP contribution < -0.4 is 0 Å². The molecule has 5 heteroatoms. The lowest BCUT2D eigenvalue weighted by molar-refractivity contribution is -0.121. The van der Waals surface area contributed by atoms with E-state index in [1.54, 1.807) is 7.05 Å². The Morgan fingerprint density at radius 2 is 1.70 bits per heavy atom. The summed E-state index contributed by atoms with van der Waals surface area (Å²) in [5, 5.41) is 0. The first-order valence-electron chi connectivity index (χ1n) is 7.06. The highest BCUT2D eigenvalue weighted by molar-refractivity contribution is 8.26. The average Bonchev–Trinajstić information content (AvgIpc) is 2.99. The molecule has 0 atom stereocenters. The Balaban J connectivity index is 1.91. The third-order valence-corrected chi connectivity index (χ3v) is 5.54. The van der Waals surface area contributed by atoms with Crippen molar-refractivity contribution in [3.05, 3.63) is 64.1 Å². The molecule has 1 fully saturated rings. The van der Waals surface area contributed by atoms with Crippen molar-refractivity contribution in [1.82, 2.24) is 4.90 Å². The summed E-state index contributed by atoms with van der Waals surface area (Å²) in [7, 11) is 1.67. The summed E-state index contributed by atoms with van der Waals surface area (Å²) in [6.45, 7) is 0. The minimum absolute atomic E-state index is 0.0360. The fourth-order valence-electron chi connectivity index (χ4n) is 2.91. The molecule has 1 amide bonds. The zero-order valence-corrected chi connectivity index (χ0v) is 13.8. The van der Waals surface area contributed by atoms with Crippen LogP contribution in [-0.4, -0.2) is 28.0 Å². The number of carbonyl (C=O) groups excluding carboxylic acids is 2. The smallest absolute Gasteiger partial charge is 0.265 e. The molecule has 112 valence electrons. The van der Waals surface area contributed by atoms with E-state index >= 15 is 0 Å². The molecule has 0 saturated carbocycles. The second kappa shape index (κ2) is 5.15. The molecule has 1 aliphatic carbocycles. The van der Waals surface area contributed by atoms with Gasteiger partial charge in [-0.25, -0.2) is 0 Å². The van der Waals surface area contributed by atoms with Gasteiger partial charge in [0.2, 0.25) is 0 Å². The van der Waals surface area contributed by atoms with Crippen molar-refractivity contribution in [1.29, 1.82) is 0 Å². The van der Waals surface area contributed by atoms with Crippen LogP contribution in [0.1, 0.15) is 21.5 Å². The Morgan fingerprint density at radius 3 is 2.39 bits per heavy atom. The summed E-state index contributed by atoms with van der Waals surface area (Å²) in [4.78, 5) is 26.8. The van der Waals surface area contributed by atoms with E-state index in [1.807, 2.05) is 48.5 Å². The summed E-state index contributed by atoms with van der Waals surface area (Å²) < 4.78 is 0.547. The molecule has 2 aliphatic rings. The number of fused-ring (bicyclic) bond motifs is 3. The number of likely N-dealkylation sites (N-methyl/N-ethyl adjacent to an activating group) is 1. The minimum Gasteiger partial charge on any atom is -0.296 e. The van der Waals surface area contributed by atoms with Crippen molar-refractivity contribution in [2.75, 3.05) is 7.05 Å².